The van der Waals surface area contributed by atoms with Crippen LogP contribution in [0.2, 0.25) is 0 Å². The SMILES string of the molecule is Cn1ccc(CS(=O)(=O)c2ccc(CCC(=O)O)cc2)n1. The van der Waals surface area contributed by atoms with E-state index in [4.69, 9.17) is 5.11 Å². The van der Waals surface area contributed by atoms with E-state index in [9.17, 15) is 13.2 Å². The van der Waals surface area contributed by atoms with Crippen LogP contribution < -0.4 is 0 Å². The van der Waals surface area contributed by atoms with Gasteiger partial charge in [0.25, 0.3) is 0 Å². The first kappa shape index (κ1) is 15.2. The lowest BCUT2D eigenvalue weighted by molar-refractivity contribution is -0.136. The molecule has 0 unspecified atom stereocenters. The van der Waals surface area contributed by atoms with Gasteiger partial charge in [0.05, 0.1) is 16.3 Å². The summed E-state index contributed by atoms with van der Waals surface area (Å²) < 4.78 is 26.0. The molecule has 7 heteroatoms. The minimum Gasteiger partial charge on any atom is -0.481 e. The van der Waals surface area contributed by atoms with Crippen LogP contribution in [0.1, 0.15) is 17.7 Å². The van der Waals surface area contributed by atoms with Crippen molar-refractivity contribution in [1.82, 2.24) is 9.78 Å². The molecule has 0 amide bonds. The van der Waals surface area contributed by atoms with Crippen molar-refractivity contribution in [2.75, 3.05) is 0 Å². The molecule has 6 nitrogen and oxygen atoms in total. The molecule has 2 aromatic rings. The second-order valence-electron chi connectivity index (χ2n) is 4.78. The Morgan fingerprint density at radius 2 is 1.90 bits per heavy atom. The standard InChI is InChI=1S/C14H16N2O4S/c1-16-9-8-12(15-16)10-21(19,20)13-5-2-11(3-6-13)4-7-14(17)18/h2-3,5-6,8-9H,4,7,10H2,1H3,(H,17,18). The molecule has 0 aliphatic heterocycles. The van der Waals surface area contributed by atoms with Crippen molar-refractivity contribution in [3.63, 3.8) is 0 Å². The molecule has 0 fully saturated rings. The monoisotopic (exact) mass is 308 g/mol. The van der Waals surface area contributed by atoms with Crippen LogP contribution in [0, 0.1) is 0 Å². The third-order valence-electron chi connectivity index (χ3n) is 3.02. The predicted molar refractivity (Wildman–Crippen MR) is 76.5 cm³/mol. The quantitative estimate of drug-likeness (QED) is 0.871. The van der Waals surface area contributed by atoms with Crippen LogP contribution in [0.4, 0.5) is 0 Å². The Kier molecular flexibility index (Phi) is 4.42. The number of rotatable bonds is 6. The lowest BCUT2D eigenvalue weighted by Crippen LogP contribution is -2.06. The number of aliphatic carboxylic acids is 1. The molecule has 1 heterocycles. The minimum absolute atomic E-state index is 0.0278. The van der Waals surface area contributed by atoms with E-state index >= 15 is 0 Å². The van der Waals surface area contributed by atoms with E-state index in [-0.39, 0.29) is 17.1 Å². The lowest BCUT2D eigenvalue weighted by atomic mass is 10.1. The number of carbonyl (C=O) groups is 1. The second-order valence-corrected chi connectivity index (χ2v) is 6.77. The van der Waals surface area contributed by atoms with Gasteiger partial charge in [-0.25, -0.2) is 8.42 Å². The van der Waals surface area contributed by atoms with E-state index in [1.807, 2.05) is 0 Å². The molecule has 0 aliphatic rings. The van der Waals surface area contributed by atoms with E-state index in [1.165, 1.54) is 12.1 Å². The van der Waals surface area contributed by atoms with Crippen LogP contribution in [-0.4, -0.2) is 29.3 Å². The number of aromatic nitrogens is 2. The van der Waals surface area contributed by atoms with Crippen molar-refractivity contribution in [2.24, 2.45) is 7.05 Å². The molecule has 1 aromatic heterocycles. The maximum absolute atomic E-state index is 12.2. The fraction of sp³-hybridized carbons (Fsp3) is 0.286. The number of carboxylic acid groups (broad SMARTS) is 1. The first-order chi connectivity index (χ1) is 9.87. The molecule has 0 aliphatic carbocycles. The predicted octanol–water partition coefficient (Wildman–Crippen LogP) is 1.41. The lowest BCUT2D eigenvalue weighted by Gasteiger charge is -2.04. The normalized spacial score (nSPS) is 11.5. The summed E-state index contributed by atoms with van der Waals surface area (Å²) in [7, 11) is -1.71. The summed E-state index contributed by atoms with van der Waals surface area (Å²) in [6, 6.07) is 7.98. The van der Waals surface area contributed by atoms with Crippen LogP contribution in [0.25, 0.3) is 0 Å². The van der Waals surface area contributed by atoms with E-state index < -0.39 is 15.8 Å². The van der Waals surface area contributed by atoms with Crippen molar-refractivity contribution in [2.45, 2.75) is 23.5 Å². The molecule has 112 valence electrons. The third kappa shape index (κ3) is 4.16. The van der Waals surface area contributed by atoms with Crippen molar-refractivity contribution >= 4 is 15.8 Å². The number of carboxylic acids is 1. The first-order valence-electron chi connectivity index (χ1n) is 6.39. The molecular weight excluding hydrogens is 292 g/mol. The van der Waals surface area contributed by atoms with Crippen molar-refractivity contribution < 1.29 is 18.3 Å². The highest BCUT2D eigenvalue weighted by Gasteiger charge is 2.16. The average Bonchev–Trinajstić information content (AvgIpc) is 2.81. The first-order valence-corrected chi connectivity index (χ1v) is 8.04. The number of hydrogen-bond acceptors (Lipinski definition) is 4. The van der Waals surface area contributed by atoms with E-state index in [0.717, 1.165) is 5.56 Å². The highest BCUT2D eigenvalue weighted by Crippen LogP contribution is 2.17. The molecule has 0 spiro atoms. The summed E-state index contributed by atoms with van der Waals surface area (Å²) in [6.07, 6.45) is 2.11. The maximum atomic E-state index is 12.2. The Morgan fingerprint density at radius 3 is 2.43 bits per heavy atom. The topological polar surface area (TPSA) is 89.3 Å². The van der Waals surface area contributed by atoms with Crippen LogP contribution in [0.3, 0.4) is 0 Å². The molecule has 0 radical (unpaired) electrons. The maximum Gasteiger partial charge on any atom is 0.303 e. The zero-order valence-electron chi connectivity index (χ0n) is 11.6. The molecule has 0 bridgehead atoms. The van der Waals surface area contributed by atoms with Gasteiger partial charge >= 0.3 is 5.97 Å². The van der Waals surface area contributed by atoms with Gasteiger partial charge in [-0.15, -0.1) is 0 Å². The third-order valence-corrected chi connectivity index (χ3v) is 4.68. The number of benzene rings is 1. The van der Waals surface area contributed by atoms with Crippen molar-refractivity contribution in [3.8, 4) is 0 Å². The number of hydrogen-bond donors (Lipinski definition) is 1. The van der Waals surface area contributed by atoms with Crippen LogP contribution in [0.15, 0.2) is 41.4 Å². The van der Waals surface area contributed by atoms with Gasteiger partial charge in [-0.05, 0) is 30.2 Å². The number of nitrogens with zero attached hydrogens (tertiary/aromatic N) is 2. The summed E-state index contributed by atoms with van der Waals surface area (Å²) in [6.45, 7) is 0. The Balaban J connectivity index is 2.11. The zero-order valence-corrected chi connectivity index (χ0v) is 12.4. The summed E-state index contributed by atoms with van der Waals surface area (Å²) in [5.41, 5.74) is 1.29. The van der Waals surface area contributed by atoms with E-state index in [2.05, 4.69) is 5.10 Å². The Hall–Kier alpha value is -2.15. The fourth-order valence-electron chi connectivity index (χ4n) is 1.93. The molecular formula is C14H16N2O4S. The van der Waals surface area contributed by atoms with Crippen LogP contribution in [-0.2, 0) is 33.9 Å². The highest BCUT2D eigenvalue weighted by molar-refractivity contribution is 7.90. The second kappa shape index (κ2) is 6.09. The highest BCUT2D eigenvalue weighted by atomic mass is 32.2. The van der Waals surface area contributed by atoms with Crippen LogP contribution in [0.5, 0.6) is 0 Å². The Bertz CT molecular complexity index is 733. The average molecular weight is 308 g/mol. The number of sulfone groups is 1. The summed E-state index contributed by atoms with van der Waals surface area (Å²) in [4.78, 5) is 10.7. The Morgan fingerprint density at radius 1 is 1.24 bits per heavy atom. The van der Waals surface area contributed by atoms with Gasteiger partial charge in [0.2, 0.25) is 0 Å². The molecule has 1 N–H and O–H groups in total. The largest absolute Gasteiger partial charge is 0.481 e. The van der Waals surface area contributed by atoms with Gasteiger partial charge in [-0.2, -0.15) is 5.10 Å². The van der Waals surface area contributed by atoms with Gasteiger partial charge in [0.1, 0.15) is 0 Å². The molecule has 21 heavy (non-hydrogen) atoms. The van der Waals surface area contributed by atoms with Crippen molar-refractivity contribution in [1.29, 1.82) is 0 Å². The Labute approximate surface area is 123 Å². The molecule has 0 saturated carbocycles. The minimum atomic E-state index is -3.44. The van der Waals surface area contributed by atoms with Crippen molar-refractivity contribution in [3.05, 3.63) is 47.8 Å². The van der Waals surface area contributed by atoms with E-state index in [0.29, 0.717) is 12.1 Å². The number of aryl methyl sites for hydroxylation is 2. The van der Waals surface area contributed by atoms with E-state index in [1.54, 1.807) is 36.1 Å². The van der Waals surface area contributed by atoms with Crippen LogP contribution >= 0.6 is 0 Å². The smallest absolute Gasteiger partial charge is 0.303 e. The summed E-state index contributed by atoms with van der Waals surface area (Å²) >= 11 is 0. The van der Waals surface area contributed by atoms with Gasteiger partial charge in [0, 0.05) is 19.7 Å². The summed E-state index contributed by atoms with van der Waals surface area (Å²) in [5.74, 6) is -1.02. The molecule has 2 rings (SSSR count). The molecule has 0 saturated heterocycles. The fourth-order valence-corrected chi connectivity index (χ4v) is 3.19. The van der Waals surface area contributed by atoms with Gasteiger partial charge < -0.3 is 5.11 Å². The molecule has 1 aromatic carbocycles. The molecule has 0 atom stereocenters. The van der Waals surface area contributed by atoms with Gasteiger partial charge in [-0.3, -0.25) is 9.48 Å². The summed E-state index contributed by atoms with van der Waals surface area (Å²) in [5, 5.41) is 12.7. The van der Waals surface area contributed by atoms with Gasteiger partial charge in [-0.1, -0.05) is 12.1 Å². The van der Waals surface area contributed by atoms with Gasteiger partial charge in [0.15, 0.2) is 9.84 Å². The zero-order chi connectivity index (χ0) is 15.5.